The molecule has 0 aromatic heterocycles. The molecule has 47 heavy (non-hydrogen) atoms. The maximum Gasteiger partial charge on any atom is 0.490 e. The van der Waals surface area contributed by atoms with Crippen molar-refractivity contribution in [1.29, 1.82) is 0 Å². The van der Waals surface area contributed by atoms with Crippen molar-refractivity contribution in [3.05, 3.63) is 0 Å². The Morgan fingerprint density at radius 2 is 1.53 bits per heavy atom. The number of aliphatic carboxylic acids is 2. The zero-order valence-electron chi connectivity index (χ0n) is 26.7. The molecule has 4 amide bonds. The number of amides is 4. The van der Waals surface area contributed by atoms with Crippen LogP contribution in [-0.4, -0.2) is 118 Å². The standard InChI is InChI=1S/C25H46N8O7.C2HF3O2/c1-13(2)11-16(24(39)40)30-21(36)17(12-34)31-22(37)18-8-6-10-33(18)23(38)19(14(3)4)32-20(35)15(26)7-5-9-29-25(27)28;3-2(4,5)1(6)7/h13-19,34H,5-12,26H2,1-4H3,(H,30,36)(H,31,37)(H,32,35)(H,39,40)(H4,27,28,29);(H,6,7). The van der Waals surface area contributed by atoms with Gasteiger partial charge in [-0.05, 0) is 43.9 Å². The second-order valence-corrected chi connectivity index (χ2v) is 11.6. The van der Waals surface area contributed by atoms with E-state index in [1.165, 1.54) is 4.90 Å². The van der Waals surface area contributed by atoms with Gasteiger partial charge in [-0.15, -0.1) is 0 Å². The Hall–Kier alpha value is -4.20. The first-order chi connectivity index (χ1) is 21.6. The summed E-state index contributed by atoms with van der Waals surface area (Å²) >= 11 is 0. The summed E-state index contributed by atoms with van der Waals surface area (Å²) in [6, 6.07) is -5.37. The number of aliphatic imine (C=N–C) groups is 1. The smallest absolute Gasteiger partial charge is 0.480 e. The van der Waals surface area contributed by atoms with Gasteiger partial charge in [0, 0.05) is 13.1 Å². The van der Waals surface area contributed by atoms with Gasteiger partial charge in [0.15, 0.2) is 5.96 Å². The van der Waals surface area contributed by atoms with Crippen molar-refractivity contribution in [3.8, 4) is 0 Å². The number of nitrogens with two attached hydrogens (primary N) is 3. The molecule has 17 nitrogen and oxygen atoms in total. The minimum Gasteiger partial charge on any atom is -0.480 e. The van der Waals surface area contributed by atoms with Crippen molar-refractivity contribution in [1.82, 2.24) is 20.9 Å². The van der Waals surface area contributed by atoms with Crippen LogP contribution >= 0.6 is 0 Å². The minimum absolute atomic E-state index is 0.0183. The van der Waals surface area contributed by atoms with E-state index in [4.69, 9.17) is 27.1 Å². The zero-order chi connectivity index (χ0) is 36.6. The van der Waals surface area contributed by atoms with E-state index in [2.05, 4.69) is 20.9 Å². The number of aliphatic hydroxyl groups is 1. The molecule has 0 radical (unpaired) electrons. The number of hydrogen-bond acceptors (Lipinski definition) is 9. The fourth-order valence-corrected chi connectivity index (χ4v) is 4.33. The molecule has 0 saturated carbocycles. The molecule has 5 unspecified atom stereocenters. The first kappa shape index (κ1) is 42.8. The average Bonchev–Trinajstić information content (AvgIpc) is 3.45. The zero-order valence-corrected chi connectivity index (χ0v) is 26.7. The Balaban J connectivity index is 0.00000270. The van der Waals surface area contributed by atoms with Crippen molar-refractivity contribution in [3.63, 3.8) is 0 Å². The van der Waals surface area contributed by atoms with Gasteiger partial charge in [0.05, 0.1) is 12.6 Å². The molecular formula is C27H47F3N8O9. The molecule has 0 aromatic rings. The summed E-state index contributed by atoms with van der Waals surface area (Å²) in [5.74, 6) is -6.89. The average molecular weight is 685 g/mol. The fraction of sp³-hybridized carbons (Fsp3) is 0.741. The highest BCUT2D eigenvalue weighted by Crippen LogP contribution is 2.21. The molecule has 1 aliphatic heterocycles. The van der Waals surface area contributed by atoms with Crippen LogP contribution in [0.5, 0.6) is 0 Å². The van der Waals surface area contributed by atoms with Gasteiger partial charge in [-0.3, -0.25) is 24.2 Å². The normalized spacial score (nSPS) is 17.0. The largest absolute Gasteiger partial charge is 0.490 e. The van der Waals surface area contributed by atoms with Crippen molar-refractivity contribution < 1.29 is 57.3 Å². The Kier molecular flexibility index (Phi) is 18.3. The summed E-state index contributed by atoms with van der Waals surface area (Å²) in [6.07, 6.45) is -3.34. The molecule has 0 spiro atoms. The van der Waals surface area contributed by atoms with E-state index in [1.54, 1.807) is 27.7 Å². The van der Waals surface area contributed by atoms with Gasteiger partial charge in [-0.25, -0.2) is 9.59 Å². The highest BCUT2D eigenvalue weighted by molar-refractivity contribution is 5.96. The van der Waals surface area contributed by atoms with Crippen molar-refractivity contribution >= 4 is 41.5 Å². The number of likely N-dealkylation sites (tertiary alicyclic amines) is 1. The number of guanidine groups is 1. The highest BCUT2D eigenvalue weighted by Gasteiger charge is 2.40. The summed E-state index contributed by atoms with van der Waals surface area (Å²) < 4.78 is 31.7. The molecule has 20 heteroatoms. The van der Waals surface area contributed by atoms with Gasteiger partial charge in [-0.2, -0.15) is 13.2 Å². The number of carboxylic acids is 2. The van der Waals surface area contributed by atoms with Crippen LogP contribution in [0.2, 0.25) is 0 Å². The molecule has 0 bridgehead atoms. The lowest BCUT2D eigenvalue weighted by Crippen LogP contribution is -2.59. The summed E-state index contributed by atoms with van der Waals surface area (Å²) in [4.78, 5) is 77.5. The molecular weight excluding hydrogens is 637 g/mol. The third kappa shape index (κ3) is 15.8. The van der Waals surface area contributed by atoms with Crippen LogP contribution < -0.4 is 33.2 Å². The van der Waals surface area contributed by atoms with Gasteiger partial charge in [0.2, 0.25) is 23.6 Å². The first-order valence-electron chi connectivity index (χ1n) is 14.8. The Morgan fingerprint density at radius 1 is 0.957 bits per heavy atom. The number of nitrogens with zero attached hydrogens (tertiary/aromatic N) is 2. The number of nitrogens with one attached hydrogen (secondary N) is 3. The Bertz CT molecular complexity index is 1120. The number of alkyl halides is 3. The molecule has 270 valence electrons. The van der Waals surface area contributed by atoms with E-state index >= 15 is 0 Å². The summed E-state index contributed by atoms with van der Waals surface area (Å²) in [6.45, 7) is 6.90. The molecule has 1 aliphatic rings. The summed E-state index contributed by atoms with van der Waals surface area (Å²) in [5, 5.41) is 33.7. The number of carboxylic acid groups (broad SMARTS) is 2. The molecule has 0 aromatic carbocycles. The monoisotopic (exact) mass is 684 g/mol. The lowest BCUT2D eigenvalue weighted by Gasteiger charge is -2.31. The van der Waals surface area contributed by atoms with E-state index in [9.17, 15) is 47.4 Å². The molecule has 5 atom stereocenters. The highest BCUT2D eigenvalue weighted by atomic mass is 19.4. The second-order valence-electron chi connectivity index (χ2n) is 11.6. The summed E-state index contributed by atoms with van der Waals surface area (Å²) in [5.41, 5.74) is 16.5. The molecule has 1 saturated heterocycles. The third-order valence-electron chi connectivity index (χ3n) is 6.75. The number of aliphatic hydroxyl groups excluding tert-OH is 1. The van der Waals surface area contributed by atoms with Crippen molar-refractivity contribution in [2.75, 3.05) is 19.7 Å². The van der Waals surface area contributed by atoms with Gasteiger partial charge in [-0.1, -0.05) is 27.7 Å². The van der Waals surface area contributed by atoms with Crippen molar-refractivity contribution in [2.24, 2.45) is 34.0 Å². The molecule has 1 fully saturated rings. The lowest BCUT2D eigenvalue weighted by atomic mass is 10.0. The maximum absolute atomic E-state index is 13.5. The van der Waals surface area contributed by atoms with Crippen LogP contribution in [0.1, 0.15) is 59.8 Å². The topological polar surface area (TPSA) is 293 Å². The van der Waals surface area contributed by atoms with E-state index in [-0.39, 0.29) is 30.8 Å². The Morgan fingerprint density at radius 3 is 1.98 bits per heavy atom. The van der Waals surface area contributed by atoms with E-state index in [0.29, 0.717) is 32.2 Å². The number of halogens is 3. The minimum atomic E-state index is -5.08. The number of carbonyl (C=O) groups excluding carboxylic acids is 4. The molecule has 12 N–H and O–H groups in total. The fourth-order valence-electron chi connectivity index (χ4n) is 4.33. The van der Waals surface area contributed by atoms with Crippen LogP contribution in [0, 0.1) is 11.8 Å². The lowest BCUT2D eigenvalue weighted by molar-refractivity contribution is -0.192. The van der Waals surface area contributed by atoms with Crippen LogP contribution in [0.25, 0.3) is 0 Å². The van der Waals surface area contributed by atoms with Crippen LogP contribution in [0.3, 0.4) is 0 Å². The first-order valence-corrected chi connectivity index (χ1v) is 14.8. The Labute approximate surface area is 269 Å². The predicted octanol–water partition coefficient (Wildman–Crippen LogP) is -1.77. The number of hydrogen-bond donors (Lipinski definition) is 9. The van der Waals surface area contributed by atoms with Crippen molar-refractivity contribution in [2.45, 2.75) is 96.2 Å². The molecule has 0 aliphatic carbocycles. The third-order valence-corrected chi connectivity index (χ3v) is 6.75. The van der Waals surface area contributed by atoms with Crippen LogP contribution in [0.4, 0.5) is 13.2 Å². The number of rotatable bonds is 16. The molecule has 1 rings (SSSR count). The van der Waals surface area contributed by atoms with Crippen LogP contribution in [0.15, 0.2) is 4.99 Å². The van der Waals surface area contributed by atoms with E-state index < -0.39 is 78.6 Å². The van der Waals surface area contributed by atoms with Crippen LogP contribution in [-0.2, 0) is 28.8 Å². The van der Waals surface area contributed by atoms with E-state index in [0.717, 1.165) is 0 Å². The number of carbonyl (C=O) groups is 6. The molecule has 1 heterocycles. The van der Waals surface area contributed by atoms with Gasteiger partial charge in [0.25, 0.3) is 0 Å². The van der Waals surface area contributed by atoms with E-state index in [1.807, 2.05) is 0 Å². The van der Waals surface area contributed by atoms with Gasteiger partial charge >= 0.3 is 18.1 Å². The maximum atomic E-state index is 13.5. The predicted molar refractivity (Wildman–Crippen MR) is 161 cm³/mol. The van der Waals surface area contributed by atoms with Gasteiger partial charge < -0.3 is 53.4 Å². The SMILES string of the molecule is CC(C)CC(NC(=O)C(CO)NC(=O)C1CCCN1C(=O)C(NC(=O)C(N)CCCN=C(N)N)C(C)C)C(=O)O.O=C(O)C(F)(F)F. The van der Waals surface area contributed by atoms with Gasteiger partial charge in [0.1, 0.15) is 24.2 Å². The summed E-state index contributed by atoms with van der Waals surface area (Å²) in [7, 11) is 0. The second kappa shape index (κ2) is 20.1. The quantitative estimate of drug-likeness (QED) is 0.0496.